The predicted molar refractivity (Wildman–Crippen MR) is 67.1 cm³/mol. The van der Waals surface area contributed by atoms with Crippen LogP contribution in [0.1, 0.15) is 12.0 Å². The Bertz CT molecular complexity index is 493. The lowest BCUT2D eigenvalue weighted by atomic mass is 9.95. The molecule has 5 heteroatoms. The largest absolute Gasteiger partial charge is 0.524 e. The van der Waals surface area contributed by atoms with Crippen LogP contribution in [0.25, 0.3) is 5.57 Å². The van der Waals surface area contributed by atoms with Gasteiger partial charge < -0.3 is 0 Å². The molecule has 0 saturated heterocycles. The molecule has 0 aliphatic heterocycles. The Balaban J connectivity index is 2.17. The number of likely N-dealkylation sites (N-methyl/N-ethyl adjacent to an activating group) is 1. The fourth-order valence-electron chi connectivity index (χ4n) is 1.99. The summed E-state index contributed by atoms with van der Waals surface area (Å²) in [5.41, 5.74) is 0.337. The van der Waals surface area contributed by atoms with Crippen molar-refractivity contribution in [3.05, 3.63) is 54.1 Å². The third-order valence-electron chi connectivity index (χ3n) is 2.99. The molecule has 1 unspecified atom stereocenters. The molecular formula is C14H14F3NO. The number of hydrogen-bond acceptors (Lipinski definition) is 2. The quantitative estimate of drug-likeness (QED) is 0.848. The van der Waals surface area contributed by atoms with Gasteiger partial charge in [-0.3, -0.25) is 10.1 Å². The van der Waals surface area contributed by atoms with Crippen LogP contribution in [0.4, 0.5) is 13.2 Å². The third-order valence-corrected chi connectivity index (χ3v) is 2.99. The lowest BCUT2D eigenvalue weighted by molar-refractivity contribution is -0.362. The number of benzene rings is 1. The zero-order valence-electron chi connectivity index (χ0n) is 10.4. The van der Waals surface area contributed by atoms with Gasteiger partial charge in [0.25, 0.3) is 0 Å². The first-order valence-electron chi connectivity index (χ1n) is 5.85. The Kier molecular flexibility index (Phi) is 3.78. The van der Waals surface area contributed by atoms with Crippen molar-refractivity contribution in [3.8, 4) is 0 Å². The van der Waals surface area contributed by atoms with E-state index < -0.39 is 12.1 Å². The number of nitrogens with one attached hydrogen (secondary N) is 1. The van der Waals surface area contributed by atoms with E-state index >= 15 is 0 Å². The molecule has 19 heavy (non-hydrogen) atoms. The predicted octanol–water partition coefficient (Wildman–Crippen LogP) is 3.48. The summed E-state index contributed by atoms with van der Waals surface area (Å²) in [6.07, 6.45) is 0.219. The number of halogens is 3. The minimum Gasteiger partial charge on any atom is -0.289 e. The first-order valence-corrected chi connectivity index (χ1v) is 5.85. The van der Waals surface area contributed by atoms with Gasteiger partial charge in [0.15, 0.2) is 5.72 Å². The lowest BCUT2D eigenvalue weighted by Gasteiger charge is -2.32. The van der Waals surface area contributed by atoms with Gasteiger partial charge in [-0.1, -0.05) is 42.5 Å². The van der Waals surface area contributed by atoms with Crippen molar-refractivity contribution in [2.75, 3.05) is 7.05 Å². The molecule has 0 radical (unpaired) electrons. The van der Waals surface area contributed by atoms with E-state index in [4.69, 9.17) is 0 Å². The minimum absolute atomic E-state index is 0.115. The number of rotatable bonds is 3. The zero-order valence-corrected chi connectivity index (χ0v) is 10.4. The number of hydrogen-bond donors (Lipinski definition) is 1. The molecule has 1 aromatic carbocycles. The molecule has 1 atom stereocenters. The van der Waals surface area contributed by atoms with Crippen molar-refractivity contribution in [3.63, 3.8) is 0 Å². The van der Waals surface area contributed by atoms with Crippen molar-refractivity contribution in [1.82, 2.24) is 5.32 Å². The molecule has 102 valence electrons. The van der Waals surface area contributed by atoms with E-state index in [0.29, 0.717) is 0 Å². The molecule has 1 aromatic rings. The minimum atomic E-state index is -4.68. The van der Waals surface area contributed by atoms with Crippen LogP contribution >= 0.6 is 0 Å². The highest BCUT2D eigenvalue weighted by atomic mass is 19.4. The molecule has 0 heterocycles. The zero-order chi connectivity index (χ0) is 13.9. The topological polar surface area (TPSA) is 21.3 Å². The van der Waals surface area contributed by atoms with Crippen LogP contribution in [0.3, 0.4) is 0 Å². The summed E-state index contributed by atoms with van der Waals surface area (Å²) in [7, 11) is 1.44. The fourth-order valence-corrected chi connectivity index (χ4v) is 1.99. The SMILES string of the molecule is CNC1(OC(F)(F)F)C=CC(c2ccccc2)=CC1. The van der Waals surface area contributed by atoms with Gasteiger partial charge >= 0.3 is 6.36 Å². The summed E-state index contributed by atoms with van der Waals surface area (Å²) in [4.78, 5) is 0. The number of alkyl halides is 3. The summed E-state index contributed by atoms with van der Waals surface area (Å²) < 4.78 is 41.3. The highest BCUT2D eigenvalue weighted by molar-refractivity contribution is 5.75. The summed E-state index contributed by atoms with van der Waals surface area (Å²) in [6, 6.07) is 9.48. The molecule has 0 spiro atoms. The molecule has 2 rings (SSSR count). The first-order chi connectivity index (χ1) is 8.94. The Labute approximate surface area is 109 Å². The highest BCUT2D eigenvalue weighted by Crippen LogP contribution is 2.32. The molecule has 1 N–H and O–H groups in total. The van der Waals surface area contributed by atoms with E-state index in [0.717, 1.165) is 11.1 Å². The average molecular weight is 269 g/mol. The van der Waals surface area contributed by atoms with E-state index in [2.05, 4.69) is 10.1 Å². The van der Waals surface area contributed by atoms with Gasteiger partial charge in [-0.05, 0) is 24.3 Å². The van der Waals surface area contributed by atoms with E-state index in [1.165, 1.54) is 13.1 Å². The van der Waals surface area contributed by atoms with Gasteiger partial charge in [-0.25, -0.2) is 0 Å². The van der Waals surface area contributed by atoms with Crippen LogP contribution in [0.2, 0.25) is 0 Å². The molecule has 1 aliphatic rings. The highest BCUT2D eigenvalue weighted by Gasteiger charge is 2.41. The van der Waals surface area contributed by atoms with Crippen LogP contribution in [0.5, 0.6) is 0 Å². The Morgan fingerprint density at radius 1 is 1.21 bits per heavy atom. The van der Waals surface area contributed by atoms with Gasteiger partial charge in [0.1, 0.15) is 0 Å². The Morgan fingerprint density at radius 2 is 1.89 bits per heavy atom. The van der Waals surface area contributed by atoms with Crippen molar-refractivity contribution in [2.45, 2.75) is 18.5 Å². The molecule has 0 saturated carbocycles. The van der Waals surface area contributed by atoms with Gasteiger partial charge in [-0.15, -0.1) is 13.2 Å². The molecule has 0 bridgehead atoms. The second-order valence-electron chi connectivity index (χ2n) is 4.25. The van der Waals surface area contributed by atoms with Crippen molar-refractivity contribution in [2.24, 2.45) is 0 Å². The first kappa shape index (κ1) is 13.8. The van der Waals surface area contributed by atoms with Crippen LogP contribution in [-0.2, 0) is 4.74 Å². The Hall–Kier alpha value is -1.59. The molecule has 0 aromatic heterocycles. The van der Waals surface area contributed by atoms with Gasteiger partial charge in [-0.2, -0.15) is 0 Å². The summed E-state index contributed by atoms with van der Waals surface area (Å²) in [5, 5.41) is 2.57. The summed E-state index contributed by atoms with van der Waals surface area (Å²) in [5.74, 6) is 0. The average Bonchev–Trinajstić information content (AvgIpc) is 2.39. The van der Waals surface area contributed by atoms with E-state index in [-0.39, 0.29) is 6.42 Å². The van der Waals surface area contributed by atoms with Crippen LogP contribution < -0.4 is 5.32 Å². The summed E-state index contributed by atoms with van der Waals surface area (Å²) in [6.45, 7) is 0. The molecular weight excluding hydrogens is 255 g/mol. The number of ether oxygens (including phenoxy) is 1. The van der Waals surface area contributed by atoms with Gasteiger partial charge in [0, 0.05) is 6.42 Å². The van der Waals surface area contributed by atoms with Crippen LogP contribution in [0, 0.1) is 0 Å². The normalized spacial score (nSPS) is 23.3. The van der Waals surface area contributed by atoms with Gasteiger partial charge in [0.2, 0.25) is 0 Å². The van der Waals surface area contributed by atoms with Crippen molar-refractivity contribution >= 4 is 5.57 Å². The standard InChI is InChI=1S/C14H14F3NO/c1-18-13(19-14(15,16)17)9-7-12(8-10-13)11-5-3-2-4-6-11/h2-9,18H,10H2,1H3. The molecule has 0 fully saturated rings. The van der Waals surface area contributed by atoms with Crippen LogP contribution in [0.15, 0.2) is 48.6 Å². The second-order valence-corrected chi connectivity index (χ2v) is 4.25. The third kappa shape index (κ3) is 3.45. The smallest absolute Gasteiger partial charge is 0.289 e. The van der Waals surface area contributed by atoms with Crippen molar-refractivity contribution < 1.29 is 17.9 Å². The molecule has 1 aliphatic carbocycles. The van der Waals surface area contributed by atoms with Crippen LogP contribution in [-0.4, -0.2) is 19.1 Å². The van der Waals surface area contributed by atoms with Gasteiger partial charge in [0.05, 0.1) is 0 Å². The maximum Gasteiger partial charge on any atom is 0.524 e. The monoisotopic (exact) mass is 269 g/mol. The Morgan fingerprint density at radius 3 is 2.37 bits per heavy atom. The van der Waals surface area contributed by atoms with Crippen molar-refractivity contribution in [1.29, 1.82) is 0 Å². The molecule has 0 amide bonds. The van der Waals surface area contributed by atoms with E-state index in [1.54, 1.807) is 12.2 Å². The maximum absolute atomic E-state index is 12.4. The van der Waals surface area contributed by atoms with E-state index in [9.17, 15) is 13.2 Å². The van der Waals surface area contributed by atoms with E-state index in [1.807, 2.05) is 30.3 Å². The summed E-state index contributed by atoms with van der Waals surface area (Å²) >= 11 is 0. The lowest BCUT2D eigenvalue weighted by Crippen LogP contribution is -2.47. The number of allylic oxidation sites excluding steroid dienone is 2. The second kappa shape index (κ2) is 5.19. The fraction of sp³-hybridized carbons (Fsp3) is 0.286. The maximum atomic E-state index is 12.4. The molecule has 2 nitrogen and oxygen atoms in total.